The van der Waals surface area contributed by atoms with E-state index in [0.717, 1.165) is 32.2 Å². The Morgan fingerprint density at radius 3 is 2.73 bits per heavy atom. The Kier molecular flexibility index (Phi) is 4.37. The van der Waals surface area contributed by atoms with Gasteiger partial charge in [0.2, 0.25) is 0 Å². The zero-order valence-electron chi connectivity index (χ0n) is 8.95. The van der Waals surface area contributed by atoms with Gasteiger partial charge in [0, 0.05) is 6.54 Å². The number of carbonyl (C=O) groups excluding carboxylic acids is 1. The summed E-state index contributed by atoms with van der Waals surface area (Å²) in [6.07, 6.45) is 4.24. The van der Waals surface area contributed by atoms with E-state index >= 15 is 0 Å². The molecule has 0 aromatic heterocycles. The number of ether oxygens (including phenoxy) is 2. The van der Waals surface area contributed by atoms with Crippen molar-refractivity contribution in [3.8, 4) is 0 Å². The number of hydrogen-bond donors (Lipinski definition) is 1. The van der Waals surface area contributed by atoms with Crippen LogP contribution >= 0.6 is 12.4 Å². The van der Waals surface area contributed by atoms with Gasteiger partial charge in [-0.05, 0) is 12.8 Å². The second-order valence-corrected chi connectivity index (χ2v) is 4.03. The normalized spacial score (nSPS) is 28.5. The van der Waals surface area contributed by atoms with Crippen LogP contribution < -0.4 is 5.32 Å². The van der Waals surface area contributed by atoms with E-state index in [1.165, 1.54) is 7.11 Å². The molecular formula is C10H18ClNO3. The molecule has 1 saturated heterocycles. The number of rotatable bonds is 1. The zero-order chi connectivity index (χ0) is 10.0. The molecule has 2 rings (SSSR count). The van der Waals surface area contributed by atoms with Crippen LogP contribution in [0, 0.1) is 0 Å². The van der Waals surface area contributed by atoms with Crippen LogP contribution in [-0.4, -0.2) is 37.9 Å². The first-order valence-corrected chi connectivity index (χ1v) is 5.24. The van der Waals surface area contributed by atoms with E-state index in [1.807, 2.05) is 0 Å². The number of methoxy groups -OCH3 is 1. The highest BCUT2D eigenvalue weighted by molar-refractivity contribution is 5.85. The molecular weight excluding hydrogens is 218 g/mol. The summed E-state index contributed by atoms with van der Waals surface area (Å²) in [6.45, 7) is 1.44. The van der Waals surface area contributed by atoms with E-state index in [2.05, 4.69) is 5.32 Å². The van der Waals surface area contributed by atoms with Crippen molar-refractivity contribution < 1.29 is 14.3 Å². The fraction of sp³-hybridized carbons (Fsp3) is 0.900. The van der Waals surface area contributed by atoms with Crippen LogP contribution in [-0.2, 0) is 14.3 Å². The highest BCUT2D eigenvalue weighted by atomic mass is 35.5. The molecule has 0 radical (unpaired) electrons. The smallest absolute Gasteiger partial charge is 0.325 e. The van der Waals surface area contributed by atoms with Crippen LogP contribution in [0.3, 0.4) is 0 Å². The van der Waals surface area contributed by atoms with Crippen molar-refractivity contribution in [2.45, 2.75) is 37.3 Å². The van der Waals surface area contributed by atoms with Gasteiger partial charge in [-0.25, -0.2) is 0 Å². The fourth-order valence-corrected chi connectivity index (χ4v) is 2.55. The fourth-order valence-electron chi connectivity index (χ4n) is 2.55. The third-order valence-electron chi connectivity index (χ3n) is 3.25. The molecule has 1 heterocycles. The molecule has 1 saturated carbocycles. The maximum absolute atomic E-state index is 11.6. The van der Waals surface area contributed by atoms with Crippen molar-refractivity contribution >= 4 is 18.4 Å². The summed E-state index contributed by atoms with van der Waals surface area (Å²) in [4.78, 5) is 11.6. The summed E-state index contributed by atoms with van der Waals surface area (Å²) < 4.78 is 10.6. The van der Waals surface area contributed by atoms with E-state index in [0.29, 0.717) is 6.61 Å². The van der Waals surface area contributed by atoms with Gasteiger partial charge in [-0.15, -0.1) is 12.4 Å². The number of esters is 1. The van der Waals surface area contributed by atoms with Gasteiger partial charge >= 0.3 is 5.97 Å². The van der Waals surface area contributed by atoms with Crippen molar-refractivity contribution in [1.82, 2.24) is 5.32 Å². The Labute approximate surface area is 96.1 Å². The van der Waals surface area contributed by atoms with Crippen LogP contribution in [0.15, 0.2) is 0 Å². The lowest BCUT2D eigenvalue weighted by Crippen LogP contribution is -2.60. The number of carbonyl (C=O) groups is 1. The first kappa shape index (κ1) is 12.7. The largest absolute Gasteiger partial charge is 0.468 e. The average Bonchev–Trinajstić information content (AvgIpc) is 2.67. The molecule has 1 spiro atoms. The van der Waals surface area contributed by atoms with Crippen molar-refractivity contribution in [2.75, 3.05) is 20.3 Å². The number of hydrogen-bond acceptors (Lipinski definition) is 4. The molecule has 1 N–H and O–H groups in total. The van der Waals surface area contributed by atoms with Crippen molar-refractivity contribution in [2.24, 2.45) is 0 Å². The molecule has 1 atom stereocenters. The molecule has 0 aromatic rings. The van der Waals surface area contributed by atoms with Crippen LogP contribution in [0.2, 0.25) is 0 Å². The van der Waals surface area contributed by atoms with Gasteiger partial charge in [-0.3, -0.25) is 10.1 Å². The van der Waals surface area contributed by atoms with E-state index in [4.69, 9.17) is 9.47 Å². The predicted molar refractivity (Wildman–Crippen MR) is 58.2 cm³/mol. The standard InChI is InChI=1S/C10H17NO3.ClH/c1-13-9(12)8-10(4-2-3-5-10)14-7-6-11-8;/h8,11H,2-7H2,1H3;1H. The van der Waals surface area contributed by atoms with Crippen molar-refractivity contribution in [3.05, 3.63) is 0 Å². The molecule has 1 aliphatic carbocycles. The maximum atomic E-state index is 11.6. The first-order valence-electron chi connectivity index (χ1n) is 5.24. The minimum atomic E-state index is -0.272. The van der Waals surface area contributed by atoms with Crippen LogP contribution in [0.1, 0.15) is 25.7 Å². The zero-order valence-corrected chi connectivity index (χ0v) is 9.77. The van der Waals surface area contributed by atoms with Crippen molar-refractivity contribution in [3.63, 3.8) is 0 Å². The third kappa shape index (κ3) is 2.27. The molecule has 4 nitrogen and oxygen atoms in total. The lowest BCUT2D eigenvalue weighted by atomic mass is 9.90. The van der Waals surface area contributed by atoms with Crippen LogP contribution in [0.25, 0.3) is 0 Å². The van der Waals surface area contributed by atoms with E-state index < -0.39 is 0 Å². The maximum Gasteiger partial charge on any atom is 0.325 e. The molecule has 0 amide bonds. The molecule has 2 fully saturated rings. The Balaban J connectivity index is 0.00000112. The lowest BCUT2D eigenvalue weighted by molar-refractivity contribution is -0.160. The minimum Gasteiger partial charge on any atom is -0.468 e. The summed E-state index contributed by atoms with van der Waals surface area (Å²) in [5.74, 6) is -0.188. The number of morpholine rings is 1. The summed E-state index contributed by atoms with van der Waals surface area (Å²) in [6, 6.07) is -0.260. The monoisotopic (exact) mass is 235 g/mol. The van der Waals surface area contributed by atoms with Gasteiger partial charge in [0.1, 0.15) is 6.04 Å². The summed E-state index contributed by atoms with van der Waals surface area (Å²) in [5, 5.41) is 3.20. The predicted octanol–water partition coefficient (Wildman–Crippen LogP) is 0.882. The summed E-state index contributed by atoms with van der Waals surface area (Å²) >= 11 is 0. The Bertz CT molecular complexity index is 229. The van der Waals surface area contributed by atoms with E-state index in [9.17, 15) is 4.79 Å². The number of nitrogens with one attached hydrogen (secondary N) is 1. The molecule has 1 aliphatic heterocycles. The topological polar surface area (TPSA) is 47.6 Å². The first-order chi connectivity index (χ1) is 6.78. The van der Waals surface area contributed by atoms with Gasteiger partial charge in [0.15, 0.2) is 0 Å². The summed E-state index contributed by atoms with van der Waals surface area (Å²) in [7, 11) is 1.43. The molecule has 0 bridgehead atoms. The van der Waals surface area contributed by atoms with Gasteiger partial charge in [-0.2, -0.15) is 0 Å². The van der Waals surface area contributed by atoms with Gasteiger partial charge in [0.25, 0.3) is 0 Å². The molecule has 15 heavy (non-hydrogen) atoms. The Morgan fingerprint density at radius 2 is 2.13 bits per heavy atom. The highest BCUT2D eigenvalue weighted by Gasteiger charge is 2.48. The van der Waals surface area contributed by atoms with Crippen LogP contribution in [0.5, 0.6) is 0 Å². The second kappa shape index (κ2) is 5.14. The third-order valence-corrected chi connectivity index (χ3v) is 3.25. The Morgan fingerprint density at radius 1 is 1.47 bits per heavy atom. The molecule has 5 heteroatoms. The molecule has 88 valence electrons. The molecule has 1 unspecified atom stereocenters. The van der Waals surface area contributed by atoms with E-state index in [-0.39, 0.29) is 30.0 Å². The summed E-state index contributed by atoms with van der Waals surface area (Å²) in [5.41, 5.74) is -0.272. The number of halogens is 1. The average molecular weight is 236 g/mol. The quantitative estimate of drug-likeness (QED) is 0.686. The molecule has 2 aliphatic rings. The molecule has 0 aromatic carbocycles. The van der Waals surface area contributed by atoms with Crippen LogP contribution in [0.4, 0.5) is 0 Å². The van der Waals surface area contributed by atoms with Gasteiger partial charge in [0.05, 0.1) is 19.3 Å². The highest BCUT2D eigenvalue weighted by Crippen LogP contribution is 2.37. The van der Waals surface area contributed by atoms with Gasteiger partial charge < -0.3 is 9.47 Å². The lowest BCUT2D eigenvalue weighted by Gasteiger charge is -2.40. The van der Waals surface area contributed by atoms with Gasteiger partial charge in [-0.1, -0.05) is 12.8 Å². The minimum absolute atomic E-state index is 0. The Hall–Kier alpha value is -0.320. The SMILES string of the molecule is COC(=O)C1NCCOC12CCCC2.Cl. The second-order valence-electron chi connectivity index (χ2n) is 4.03. The van der Waals surface area contributed by atoms with E-state index in [1.54, 1.807) is 0 Å². The van der Waals surface area contributed by atoms with Crippen molar-refractivity contribution in [1.29, 1.82) is 0 Å².